The fraction of sp³-hybridized carbons (Fsp3) is 0.529. The molecule has 1 unspecified atom stereocenters. The molecule has 3 atom stereocenters. The van der Waals surface area contributed by atoms with Crippen LogP contribution in [-0.2, 0) is 16.0 Å². The number of hydrogen-bond acceptors (Lipinski definition) is 3. The standard InChI is InChI=1S/C17H23NO3.Na/c1-10(2)13-6-4-12(5-7-13)8-11(3)18-16(19)14-9-15(14)17(20)21;/h4-7,10-11,14-15H,8-9H2,1-3H3,(H,18,19)(H,20,21);/q;+1/p-1/t11?,14-,15+;/m1./s1. The Morgan fingerprint density at radius 1 is 1.18 bits per heavy atom. The van der Waals surface area contributed by atoms with Crippen LogP contribution in [0.1, 0.15) is 44.2 Å². The second-order valence-electron chi connectivity index (χ2n) is 6.28. The van der Waals surface area contributed by atoms with E-state index in [1.165, 1.54) is 11.1 Å². The predicted octanol–water partition coefficient (Wildman–Crippen LogP) is -1.75. The van der Waals surface area contributed by atoms with E-state index in [0.29, 0.717) is 12.3 Å². The number of carbonyl (C=O) groups is 2. The molecule has 1 amide bonds. The first-order valence-electron chi connectivity index (χ1n) is 7.48. The van der Waals surface area contributed by atoms with E-state index in [2.05, 4.69) is 43.4 Å². The van der Waals surface area contributed by atoms with Gasteiger partial charge in [0.25, 0.3) is 0 Å². The van der Waals surface area contributed by atoms with Crippen LogP contribution in [0.5, 0.6) is 0 Å². The summed E-state index contributed by atoms with van der Waals surface area (Å²) in [5.41, 5.74) is 2.46. The molecular weight excluding hydrogens is 289 g/mol. The van der Waals surface area contributed by atoms with Crippen LogP contribution in [0.2, 0.25) is 0 Å². The zero-order chi connectivity index (χ0) is 15.6. The molecule has 1 aliphatic rings. The monoisotopic (exact) mass is 311 g/mol. The van der Waals surface area contributed by atoms with Gasteiger partial charge in [0.1, 0.15) is 0 Å². The van der Waals surface area contributed by atoms with Crippen molar-refractivity contribution in [3.8, 4) is 0 Å². The Morgan fingerprint density at radius 2 is 1.77 bits per heavy atom. The molecule has 114 valence electrons. The molecule has 0 saturated heterocycles. The van der Waals surface area contributed by atoms with E-state index in [9.17, 15) is 14.7 Å². The van der Waals surface area contributed by atoms with Crippen molar-refractivity contribution in [1.29, 1.82) is 0 Å². The van der Waals surface area contributed by atoms with Crippen LogP contribution in [0.3, 0.4) is 0 Å². The molecule has 1 saturated carbocycles. The molecule has 4 nitrogen and oxygen atoms in total. The van der Waals surface area contributed by atoms with Gasteiger partial charge in [-0.05, 0) is 36.8 Å². The number of carbonyl (C=O) groups excluding carboxylic acids is 2. The van der Waals surface area contributed by atoms with Crippen molar-refractivity contribution in [3.63, 3.8) is 0 Å². The minimum atomic E-state index is -1.12. The van der Waals surface area contributed by atoms with E-state index in [1.54, 1.807) is 0 Å². The molecule has 1 aliphatic carbocycles. The van der Waals surface area contributed by atoms with E-state index < -0.39 is 17.8 Å². The summed E-state index contributed by atoms with van der Waals surface area (Å²) in [5, 5.41) is 13.5. The first-order valence-corrected chi connectivity index (χ1v) is 7.48. The number of benzene rings is 1. The van der Waals surface area contributed by atoms with Gasteiger partial charge in [0.15, 0.2) is 0 Å². The molecular formula is C17H22NNaO3. The molecule has 0 aromatic heterocycles. The number of carboxylic acid groups (broad SMARTS) is 1. The molecule has 1 aromatic carbocycles. The summed E-state index contributed by atoms with van der Waals surface area (Å²) in [4.78, 5) is 22.5. The fourth-order valence-corrected chi connectivity index (χ4v) is 2.54. The second kappa shape index (κ2) is 8.14. The summed E-state index contributed by atoms with van der Waals surface area (Å²) >= 11 is 0. The summed E-state index contributed by atoms with van der Waals surface area (Å²) in [7, 11) is 0. The summed E-state index contributed by atoms with van der Waals surface area (Å²) in [6.45, 7) is 6.24. The first-order chi connectivity index (χ1) is 9.88. The Morgan fingerprint density at radius 3 is 2.23 bits per heavy atom. The molecule has 0 heterocycles. The van der Waals surface area contributed by atoms with Crippen LogP contribution in [0, 0.1) is 11.8 Å². The Labute approximate surface area is 154 Å². The maximum absolute atomic E-state index is 11.9. The average Bonchev–Trinajstić information content (AvgIpc) is 3.19. The summed E-state index contributed by atoms with van der Waals surface area (Å²) in [5.74, 6) is -1.78. The third-order valence-electron chi connectivity index (χ3n) is 4.01. The van der Waals surface area contributed by atoms with Gasteiger partial charge in [-0.3, -0.25) is 4.79 Å². The van der Waals surface area contributed by atoms with Gasteiger partial charge in [0, 0.05) is 23.8 Å². The largest absolute Gasteiger partial charge is 1.00 e. The predicted molar refractivity (Wildman–Crippen MR) is 78.4 cm³/mol. The van der Waals surface area contributed by atoms with Crippen LogP contribution in [-0.4, -0.2) is 17.9 Å². The fourth-order valence-electron chi connectivity index (χ4n) is 2.54. The molecule has 2 rings (SSSR count). The van der Waals surface area contributed by atoms with E-state index in [4.69, 9.17) is 0 Å². The first kappa shape index (κ1) is 19.2. The molecule has 5 heteroatoms. The number of aliphatic carboxylic acids is 1. The van der Waals surface area contributed by atoms with Gasteiger partial charge in [-0.15, -0.1) is 0 Å². The zero-order valence-corrected chi connectivity index (χ0v) is 15.8. The summed E-state index contributed by atoms with van der Waals surface area (Å²) in [6, 6.07) is 8.38. The van der Waals surface area contributed by atoms with E-state index >= 15 is 0 Å². The Balaban J connectivity index is 0.00000242. The minimum Gasteiger partial charge on any atom is -0.550 e. The maximum atomic E-state index is 11.9. The summed E-state index contributed by atoms with van der Waals surface area (Å²) < 4.78 is 0. The summed E-state index contributed by atoms with van der Waals surface area (Å²) in [6.07, 6.45) is 1.15. The van der Waals surface area contributed by atoms with Crippen LogP contribution in [0.4, 0.5) is 0 Å². The van der Waals surface area contributed by atoms with E-state index in [1.807, 2.05) is 6.92 Å². The molecule has 0 radical (unpaired) electrons. The van der Waals surface area contributed by atoms with Gasteiger partial charge in [-0.2, -0.15) is 0 Å². The number of hydrogen-bond donors (Lipinski definition) is 1. The molecule has 1 fully saturated rings. The van der Waals surface area contributed by atoms with E-state index in [-0.39, 0.29) is 41.5 Å². The van der Waals surface area contributed by atoms with Crippen LogP contribution < -0.4 is 40.0 Å². The average molecular weight is 311 g/mol. The zero-order valence-electron chi connectivity index (χ0n) is 13.8. The second-order valence-corrected chi connectivity index (χ2v) is 6.28. The minimum absolute atomic E-state index is 0. The maximum Gasteiger partial charge on any atom is 1.00 e. The van der Waals surface area contributed by atoms with Crippen molar-refractivity contribution in [1.82, 2.24) is 5.32 Å². The SMILES string of the molecule is CC(Cc1ccc(C(C)C)cc1)NC(=O)[C@@H]1C[C@@H]1C(=O)[O-].[Na+]. The van der Waals surface area contributed by atoms with Gasteiger partial charge in [0.2, 0.25) is 5.91 Å². The van der Waals surface area contributed by atoms with Crippen molar-refractivity contribution in [2.75, 3.05) is 0 Å². The Kier molecular flexibility index (Phi) is 7.10. The number of amides is 1. The quantitative estimate of drug-likeness (QED) is 0.633. The Bertz CT molecular complexity index is 527. The van der Waals surface area contributed by atoms with Gasteiger partial charge in [-0.1, -0.05) is 38.1 Å². The van der Waals surface area contributed by atoms with Crippen molar-refractivity contribution < 1.29 is 44.3 Å². The van der Waals surface area contributed by atoms with Crippen LogP contribution in [0.25, 0.3) is 0 Å². The van der Waals surface area contributed by atoms with Gasteiger partial charge >= 0.3 is 29.6 Å². The normalized spacial score (nSPS) is 20.9. The van der Waals surface area contributed by atoms with Crippen molar-refractivity contribution in [3.05, 3.63) is 35.4 Å². The Hall–Kier alpha value is -0.840. The van der Waals surface area contributed by atoms with E-state index in [0.717, 1.165) is 6.42 Å². The van der Waals surface area contributed by atoms with Gasteiger partial charge in [0.05, 0.1) is 0 Å². The molecule has 1 aromatic rings. The topological polar surface area (TPSA) is 69.2 Å². The molecule has 0 spiro atoms. The van der Waals surface area contributed by atoms with Gasteiger partial charge in [-0.25, -0.2) is 0 Å². The number of carboxylic acids is 1. The van der Waals surface area contributed by atoms with Crippen molar-refractivity contribution in [2.45, 2.75) is 45.6 Å². The van der Waals surface area contributed by atoms with Crippen molar-refractivity contribution in [2.24, 2.45) is 11.8 Å². The number of rotatable bonds is 6. The van der Waals surface area contributed by atoms with Crippen LogP contribution in [0.15, 0.2) is 24.3 Å². The van der Waals surface area contributed by atoms with Gasteiger partial charge < -0.3 is 15.2 Å². The molecule has 0 aliphatic heterocycles. The number of nitrogens with one attached hydrogen (secondary N) is 1. The van der Waals surface area contributed by atoms with Crippen molar-refractivity contribution >= 4 is 11.9 Å². The third-order valence-corrected chi connectivity index (χ3v) is 4.01. The smallest absolute Gasteiger partial charge is 0.550 e. The molecule has 1 N–H and O–H groups in total. The third kappa shape index (κ3) is 5.11. The molecule has 0 bridgehead atoms. The van der Waals surface area contributed by atoms with Crippen LogP contribution >= 0.6 is 0 Å². The molecule has 22 heavy (non-hydrogen) atoms.